The molecule has 0 aliphatic carbocycles. The smallest absolute Gasteiger partial charge is 0.141 e. The van der Waals surface area contributed by atoms with Gasteiger partial charge in [-0.3, -0.25) is 4.98 Å². The summed E-state index contributed by atoms with van der Waals surface area (Å²) >= 11 is 5.90. The minimum atomic E-state index is -0.517. The third kappa shape index (κ3) is 4.25. The molecule has 7 heteroatoms. The van der Waals surface area contributed by atoms with E-state index in [1.54, 1.807) is 12.1 Å². The lowest BCUT2D eigenvalue weighted by molar-refractivity contribution is 0.628. The average molecular weight is 428 g/mol. The SMILES string of the molecule is N#Cc1ccccc1CNc1ccc2ncc(C#N)c(Nc3ccc(F)c(Cl)c3)c2c1. The van der Waals surface area contributed by atoms with Gasteiger partial charge in [0.05, 0.1) is 33.4 Å². The predicted molar refractivity (Wildman–Crippen MR) is 120 cm³/mol. The monoisotopic (exact) mass is 427 g/mol. The zero-order chi connectivity index (χ0) is 21.8. The Hall–Kier alpha value is -4.13. The highest BCUT2D eigenvalue weighted by molar-refractivity contribution is 6.31. The van der Waals surface area contributed by atoms with Gasteiger partial charge in [-0.15, -0.1) is 0 Å². The number of nitrogens with zero attached hydrogens (tertiary/aromatic N) is 3. The Morgan fingerprint density at radius 1 is 0.935 bits per heavy atom. The van der Waals surface area contributed by atoms with Gasteiger partial charge in [0.25, 0.3) is 0 Å². The van der Waals surface area contributed by atoms with Gasteiger partial charge in [-0.05, 0) is 48.0 Å². The highest BCUT2D eigenvalue weighted by atomic mass is 35.5. The van der Waals surface area contributed by atoms with Crippen LogP contribution in [-0.4, -0.2) is 4.98 Å². The molecular weight excluding hydrogens is 413 g/mol. The quantitative estimate of drug-likeness (QED) is 0.400. The fourth-order valence-electron chi connectivity index (χ4n) is 3.22. The van der Waals surface area contributed by atoms with E-state index in [2.05, 4.69) is 27.8 Å². The van der Waals surface area contributed by atoms with Crippen LogP contribution in [0.4, 0.5) is 21.5 Å². The first-order valence-electron chi connectivity index (χ1n) is 9.36. The molecule has 0 aliphatic rings. The first kappa shape index (κ1) is 20.2. The van der Waals surface area contributed by atoms with Gasteiger partial charge in [0.2, 0.25) is 0 Å². The second kappa shape index (κ2) is 8.71. The van der Waals surface area contributed by atoms with Crippen molar-refractivity contribution in [3.05, 3.63) is 94.4 Å². The lowest BCUT2D eigenvalue weighted by atomic mass is 10.1. The summed E-state index contributed by atoms with van der Waals surface area (Å²) < 4.78 is 13.5. The first-order chi connectivity index (χ1) is 15.1. The van der Waals surface area contributed by atoms with Crippen LogP contribution in [0.1, 0.15) is 16.7 Å². The Morgan fingerprint density at radius 3 is 2.48 bits per heavy atom. The summed E-state index contributed by atoms with van der Waals surface area (Å²) in [6, 6.07) is 21.6. The van der Waals surface area contributed by atoms with Gasteiger partial charge in [0.15, 0.2) is 0 Å². The molecule has 3 aromatic carbocycles. The molecule has 0 saturated carbocycles. The van der Waals surface area contributed by atoms with Crippen molar-refractivity contribution in [2.45, 2.75) is 6.54 Å². The summed E-state index contributed by atoms with van der Waals surface area (Å²) in [6.07, 6.45) is 1.49. The summed E-state index contributed by atoms with van der Waals surface area (Å²) in [5, 5.41) is 26.0. The molecular formula is C24H15ClFN5. The maximum Gasteiger partial charge on any atom is 0.141 e. The molecule has 5 nitrogen and oxygen atoms in total. The molecule has 1 aromatic heterocycles. The third-order valence-corrected chi connectivity index (χ3v) is 5.09. The fraction of sp³-hybridized carbons (Fsp3) is 0.0417. The summed E-state index contributed by atoms with van der Waals surface area (Å²) in [7, 11) is 0. The minimum absolute atomic E-state index is 0.0135. The maximum atomic E-state index is 13.5. The zero-order valence-electron chi connectivity index (χ0n) is 16.2. The second-order valence-corrected chi connectivity index (χ2v) is 7.17. The van der Waals surface area contributed by atoms with Crippen LogP contribution >= 0.6 is 11.6 Å². The van der Waals surface area contributed by atoms with E-state index in [0.717, 1.165) is 16.6 Å². The molecule has 2 N–H and O–H groups in total. The van der Waals surface area contributed by atoms with Gasteiger partial charge in [-0.2, -0.15) is 10.5 Å². The topological polar surface area (TPSA) is 84.5 Å². The van der Waals surface area contributed by atoms with E-state index in [1.165, 1.54) is 18.3 Å². The molecule has 0 amide bonds. The number of halogens is 2. The van der Waals surface area contributed by atoms with Crippen LogP contribution in [0, 0.1) is 28.5 Å². The summed E-state index contributed by atoms with van der Waals surface area (Å²) in [4.78, 5) is 4.35. The van der Waals surface area contributed by atoms with Crippen molar-refractivity contribution in [1.29, 1.82) is 10.5 Å². The Labute approximate surface area is 183 Å². The van der Waals surface area contributed by atoms with Crippen molar-refractivity contribution in [1.82, 2.24) is 4.98 Å². The van der Waals surface area contributed by atoms with Crippen LogP contribution in [0.15, 0.2) is 66.9 Å². The molecule has 31 heavy (non-hydrogen) atoms. The first-order valence-corrected chi connectivity index (χ1v) is 9.73. The van der Waals surface area contributed by atoms with Gasteiger partial charge < -0.3 is 10.6 Å². The van der Waals surface area contributed by atoms with Crippen molar-refractivity contribution in [3.8, 4) is 12.1 Å². The number of hydrogen-bond donors (Lipinski definition) is 2. The Kier molecular flexibility index (Phi) is 5.66. The minimum Gasteiger partial charge on any atom is -0.381 e. The second-order valence-electron chi connectivity index (χ2n) is 6.77. The number of aromatic nitrogens is 1. The van der Waals surface area contributed by atoms with Crippen LogP contribution in [0.3, 0.4) is 0 Å². The number of anilines is 3. The maximum absolute atomic E-state index is 13.5. The standard InChI is InChI=1S/C24H15ClFN5/c25-21-10-19(5-7-22(21)26)31-24-17(12-28)14-30-23-8-6-18(9-20(23)24)29-13-16-4-2-1-3-15(16)11-27/h1-10,14,29H,13H2,(H,30,31). The number of pyridine rings is 1. The molecule has 0 saturated heterocycles. The molecule has 0 spiro atoms. The molecule has 0 bridgehead atoms. The Bertz CT molecular complexity index is 1370. The van der Waals surface area contributed by atoms with E-state index in [4.69, 9.17) is 11.6 Å². The van der Waals surface area contributed by atoms with E-state index in [9.17, 15) is 14.9 Å². The van der Waals surface area contributed by atoms with Gasteiger partial charge in [-0.1, -0.05) is 29.8 Å². The van der Waals surface area contributed by atoms with Crippen LogP contribution in [0.25, 0.3) is 10.9 Å². The number of nitrogens with one attached hydrogen (secondary N) is 2. The number of benzene rings is 3. The summed E-state index contributed by atoms with van der Waals surface area (Å²) in [6.45, 7) is 0.469. The lowest BCUT2D eigenvalue weighted by Gasteiger charge is -2.14. The van der Waals surface area contributed by atoms with Gasteiger partial charge >= 0.3 is 0 Å². The summed E-state index contributed by atoms with van der Waals surface area (Å²) in [5.74, 6) is -0.517. The lowest BCUT2D eigenvalue weighted by Crippen LogP contribution is -2.02. The fourth-order valence-corrected chi connectivity index (χ4v) is 3.40. The molecule has 1 heterocycles. The molecule has 0 aliphatic heterocycles. The normalized spacial score (nSPS) is 10.3. The Morgan fingerprint density at radius 2 is 1.71 bits per heavy atom. The number of fused-ring (bicyclic) bond motifs is 1. The van der Waals surface area contributed by atoms with E-state index < -0.39 is 5.82 Å². The van der Waals surface area contributed by atoms with Crippen molar-refractivity contribution >= 4 is 39.6 Å². The van der Waals surface area contributed by atoms with E-state index in [-0.39, 0.29) is 5.02 Å². The number of hydrogen-bond acceptors (Lipinski definition) is 5. The van der Waals surface area contributed by atoms with Gasteiger partial charge in [-0.25, -0.2) is 4.39 Å². The van der Waals surface area contributed by atoms with Crippen molar-refractivity contribution in [2.24, 2.45) is 0 Å². The van der Waals surface area contributed by atoms with Crippen LogP contribution < -0.4 is 10.6 Å². The van der Waals surface area contributed by atoms with Crippen LogP contribution in [0.5, 0.6) is 0 Å². The predicted octanol–water partition coefficient (Wildman–Crippen LogP) is 6.13. The van der Waals surface area contributed by atoms with Crippen molar-refractivity contribution < 1.29 is 4.39 Å². The molecule has 4 aromatic rings. The molecule has 0 atom stereocenters. The Balaban J connectivity index is 1.70. The van der Waals surface area contributed by atoms with Gasteiger partial charge in [0.1, 0.15) is 11.9 Å². The molecule has 0 radical (unpaired) electrons. The van der Waals surface area contributed by atoms with Gasteiger partial charge in [0, 0.05) is 29.5 Å². The van der Waals surface area contributed by atoms with Crippen molar-refractivity contribution in [3.63, 3.8) is 0 Å². The van der Waals surface area contributed by atoms with E-state index >= 15 is 0 Å². The van der Waals surface area contributed by atoms with E-state index in [1.807, 2.05) is 36.4 Å². The molecule has 4 rings (SSSR count). The third-order valence-electron chi connectivity index (χ3n) is 4.80. The molecule has 150 valence electrons. The van der Waals surface area contributed by atoms with E-state index in [0.29, 0.717) is 34.6 Å². The summed E-state index contributed by atoms with van der Waals surface area (Å²) in [5.41, 5.74) is 4.44. The zero-order valence-corrected chi connectivity index (χ0v) is 16.9. The largest absolute Gasteiger partial charge is 0.381 e. The highest BCUT2D eigenvalue weighted by Gasteiger charge is 2.12. The number of nitriles is 2. The highest BCUT2D eigenvalue weighted by Crippen LogP contribution is 2.32. The molecule has 0 fully saturated rings. The van der Waals surface area contributed by atoms with Crippen LogP contribution in [0.2, 0.25) is 5.02 Å². The number of rotatable bonds is 5. The van der Waals surface area contributed by atoms with Crippen molar-refractivity contribution in [2.75, 3.05) is 10.6 Å². The van der Waals surface area contributed by atoms with Crippen LogP contribution in [-0.2, 0) is 6.54 Å². The average Bonchev–Trinajstić information content (AvgIpc) is 2.80. The molecule has 0 unspecified atom stereocenters.